The Balaban J connectivity index is 1.95. The highest BCUT2D eigenvalue weighted by molar-refractivity contribution is 5.80. The first-order valence-corrected chi connectivity index (χ1v) is 7.01. The molecule has 0 bridgehead atoms. The van der Waals surface area contributed by atoms with Gasteiger partial charge in [0, 0.05) is 18.8 Å². The van der Waals surface area contributed by atoms with Crippen molar-refractivity contribution in [3.63, 3.8) is 0 Å². The van der Waals surface area contributed by atoms with Gasteiger partial charge in [-0.25, -0.2) is 9.97 Å². The number of nitrogens with zero attached hydrogens (tertiary/aromatic N) is 4. The molecule has 0 amide bonds. The molecular weight excluding hydrogens is 264 g/mol. The van der Waals surface area contributed by atoms with Gasteiger partial charge in [0.2, 0.25) is 0 Å². The molecule has 3 aromatic rings. The minimum atomic E-state index is 0.0209. The monoisotopic (exact) mass is 282 g/mol. The van der Waals surface area contributed by atoms with Crippen molar-refractivity contribution < 1.29 is 0 Å². The van der Waals surface area contributed by atoms with Crippen LogP contribution in [-0.2, 0) is 13.1 Å². The van der Waals surface area contributed by atoms with E-state index in [0.29, 0.717) is 18.5 Å². The van der Waals surface area contributed by atoms with Crippen LogP contribution in [0.3, 0.4) is 0 Å². The van der Waals surface area contributed by atoms with Crippen LogP contribution in [0.4, 0.5) is 0 Å². The van der Waals surface area contributed by atoms with E-state index in [2.05, 4.69) is 14.5 Å². The lowest BCUT2D eigenvalue weighted by Crippen LogP contribution is -2.23. The molecule has 5 heteroatoms. The molecule has 0 spiro atoms. The summed E-state index contributed by atoms with van der Waals surface area (Å²) in [7, 11) is 0. The van der Waals surface area contributed by atoms with E-state index < -0.39 is 0 Å². The van der Waals surface area contributed by atoms with Crippen LogP contribution in [-0.4, -0.2) is 19.1 Å². The largest absolute Gasteiger partial charge is 0.333 e. The molecule has 2 heterocycles. The second kappa shape index (κ2) is 5.16. The molecule has 0 radical (unpaired) electrons. The fourth-order valence-corrected chi connectivity index (χ4v) is 2.51. The molecule has 0 atom stereocenters. The van der Waals surface area contributed by atoms with Gasteiger partial charge in [0.1, 0.15) is 0 Å². The van der Waals surface area contributed by atoms with Crippen molar-refractivity contribution in [2.24, 2.45) is 0 Å². The predicted molar refractivity (Wildman–Crippen MR) is 82.4 cm³/mol. The maximum absolute atomic E-state index is 12.6. The maximum atomic E-state index is 12.6. The Labute approximate surface area is 122 Å². The van der Waals surface area contributed by atoms with Gasteiger partial charge < -0.3 is 4.57 Å². The Morgan fingerprint density at radius 1 is 1.00 bits per heavy atom. The van der Waals surface area contributed by atoms with Crippen LogP contribution in [0.25, 0.3) is 10.9 Å². The fraction of sp³-hybridized carbons (Fsp3) is 0.312. The highest BCUT2D eigenvalue weighted by Gasteiger charge is 2.07. The van der Waals surface area contributed by atoms with Gasteiger partial charge in [-0.15, -0.1) is 0 Å². The Kier molecular flexibility index (Phi) is 3.33. The topological polar surface area (TPSA) is 52.7 Å². The van der Waals surface area contributed by atoms with Crippen molar-refractivity contribution in [3.05, 3.63) is 58.2 Å². The van der Waals surface area contributed by atoms with Crippen molar-refractivity contribution in [3.8, 4) is 0 Å². The molecular formula is C16H18N4O. The molecule has 0 saturated heterocycles. The van der Waals surface area contributed by atoms with E-state index in [1.54, 1.807) is 10.9 Å². The number of hydrogen-bond acceptors (Lipinski definition) is 3. The molecule has 0 unspecified atom stereocenters. The SMILES string of the molecule is Cc1ncn(CCn2cnc3cccc(C)c3c2=O)c1C. The number of hydrogen-bond donors (Lipinski definition) is 0. The second-order valence-electron chi connectivity index (χ2n) is 5.32. The number of rotatable bonds is 3. The van der Waals surface area contributed by atoms with Gasteiger partial charge in [-0.2, -0.15) is 0 Å². The van der Waals surface area contributed by atoms with Crippen molar-refractivity contribution in [2.45, 2.75) is 33.9 Å². The Bertz CT molecular complexity index is 860. The number of benzene rings is 1. The van der Waals surface area contributed by atoms with Gasteiger partial charge in [-0.1, -0.05) is 12.1 Å². The van der Waals surface area contributed by atoms with Gasteiger partial charge in [0.05, 0.1) is 29.3 Å². The summed E-state index contributed by atoms with van der Waals surface area (Å²) < 4.78 is 3.73. The van der Waals surface area contributed by atoms with E-state index in [0.717, 1.165) is 22.5 Å². The second-order valence-corrected chi connectivity index (χ2v) is 5.32. The fourth-order valence-electron chi connectivity index (χ4n) is 2.51. The predicted octanol–water partition coefficient (Wildman–Crippen LogP) is 2.22. The lowest BCUT2D eigenvalue weighted by molar-refractivity contribution is 0.553. The van der Waals surface area contributed by atoms with E-state index in [-0.39, 0.29) is 5.56 Å². The molecule has 0 aliphatic heterocycles. The Hall–Kier alpha value is -2.43. The number of fused-ring (bicyclic) bond motifs is 1. The zero-order valence-corrected chi connectivity index (χ0v) is 12.5. The zero-order valence-electron chi connectivity index (χ0n) is 12.5. The minimum absolute atomic E-state index is 0.0209. The summed E-state index contributed by atoms with van der Waals surface area (Å²) >= 11 is 0. The average Bonchev–Trinajstić information content (AvgIpc) is 2.78. The molecule has 0 N–H and O–H groups in total. The molecule has 0 fully saturated rings. The quantitative estimate of drug-likeness (QED) is 0.740. The summed E-state index contributed by atoms with van der Waals surface area (Å²) in [6.45, 7) is 7.27. The molecule has 5 nitrogen and oxygen atoms in total. The number of aromatic nitrogens is 4. The third kappa shape index (κ3) is 2.35. The van der Waals surface area contributed by atoms with Crippen LogP contribution in [0.1, 0.15) is 17.0 Å². The summed E-state index contributed by atoms with van der Waals surface area (Å²) in [5.74, 6) is 0. The van der Waals surface area contributed by atoms with E-state index in [4.69, 9.17) is 0 Å². The summed E-state index contributed by atoms with van der Waals surface area (Å²) in [4.78, 5) is 21.2. The average molecular weight is 282 g/mol. The standard InChI is InChI=1S/C16H18N4O/c1-11-5-4-6-14-15(11)16(21)20(10-18-14)8-7-19-9-17-12(2)13(19)3/h4-6,9-10H,7-8H2,1-3H3. The van der Waals surface area contributed by atoms with Gasteiger partial charge in [0.15, 0.2) is 0 Å². The van der Waals surface area contributed by atoms with Crippen LogP contribution in [0, 0.1) is 20.8 Å². The molecule has 3 rings (SSSR count). The van der Waals surface area contributed by atoms with E-state index in [1.807, 2.05) is 45.3 Å². The lowest BCUT2D eigenvalue weighted by atomic mass is 10.1. The highest BCUT2D eigenvalue weighted by atomic mass is 16.1. The first-order chi connectivity index (χ1) is 10.1. The molecule has 2 aromatic heterocycles. The Morgan fingerprint density at radius 3 is 2.43 bits per heavy atom. The molecule has 0 aliphatic rings. The first-order valence-electron chi connectivity index (χ1n) is 7.01. The van der Waals surface area contributed by atoms with Crippen molar-refractivity contribution in [1.29, 1.82) is 0 Å². The van der Waals surface area contributed by atoms with Crippen molar-refractivity contribution in [1.82, 2.24) is 19.1 Å². The third-order valence-electron chi connectivity index (χ3n) is 3.99. The zero-order chi connectivity index (χ0) is 15.0. The molecule has 108 valence electrons. The number of aryl methyl sites for hydroxylation is 4. The highest BCUT2D eigenvalue weighted by Crippen LogP contribution is 2.11. The summed E-state index contributed by atoms with van der Waals surface area (Å²) in [6, 6.07) is 5.74. The summed E-state index contributed by atoms with van der Waals surface area (Å²) in [6.07, 6.45) is 3.44. The smallest absolute Gasteiger partial charge is 0.261 e. The van der Waals surface area contributed by atoms with Crippen molar-refractivity contribution in [2.75, 3.05) is 0 Å². The Morgan fingerprint density at radius 2 is 1.71 bits per heavy atom. The number of imidazole rings is 1. The van der Waals surface area contributed by atoms with E-state index in [1.165, 1.54) is 0 Å². The van der Waals surface area contributed by atoms with Crippen LogP contribution < -0.4 is 5.56 Å². The van der Waals surface area contributed by atoms with E-state index in [9.17, 15) is 4.79 Å². The summed E-state index contributed by atoms with van der Waals surface area (Å²) in [5, 5.41) is 0.707. The van der Waals surface area contributed by atoms with Gasteiger partial charge >= 0.3 is 0 Å². The van der Waals surface area contributed by atoms with Crippen LogP contribution in [0.2, 0.25) is 0 Å². The molecule has 1 aromatic carbocycles. The van der Waals surface area contributed by atoms with Gasteiger partial charge in [0.25, 0.3) is 5.56 Å². The van der Waals surface area contributed by atoms with E-state index >= 15 is 0 Å². The first kappa shape index (κ1) is 13.5. The van der Waals surface area contributed by atoms with Crippen LogP contribution in [0.15, 0.2) is 35.6 Å². The normalized spacial score (nSPS) is 11.2. The van der Waals surface area contributed by atoms with Crippen LogP contribution >= 0.6 is 0 Å². The van der Waals surface area contributed by atoms with Crippen LogP contribution in [0.5, 0.6) is 0 Å². The van der Waals surface area contributed by atoms with Crippen molar-refractivity contribution >= 4 is 10.9 Å². The van der Waals surface area contributed by atoms with Gasteiger partial charge in [-0.05, 0) is 32.4 Å². The third-order valence-corrected chi connectivity index (χ3v) is 3.99. The minimum Gasteiger partial charge on any atom is -0.333 e. The molecule has 21 heavy (non-hydrogen) atoms. The maximum Gasteiger partial charge on any atom is 0.261 e. The lowest BCUT2D eigenvalue weighted by Gasteiger charge is -2.09. The molecule has 0 saturated carbocycles. The van der Waals surface area contributed by atoms with Gasteiger partial charge in [-0.3, -0.25) is 9.36 Å². The summed E-state index contributed by atoms with van der Waals surface area (Å²) in [5.41, 5.74) is 3.90. The molecule has 0 aliphatic carbocycles.